The molecular weight excluding hydrogens is 477 g/mol. The van der Waals surface area contributed by atoms with Gasteiger partial charge in [0.25, 0.3) is 5.91 Å². The molecule has 6 rings (SSSR count). The van der Waals surface area contributed by atoms with E-state index in [0.29, 0.717) is 27.3 Å². The molecule has 2 aromatic carbocycles. The third-order valence-electron chi connectivity index (χ3n) is 6.37. The number of aromatic nitrogens is 3. The van der Waals surface area contributed by atoms with Gasteiger partial charge in [-0.05, 0) is 61.2 Å². The third-order valence-corrected chi connectivity index (χ3v) is 7.31. The van der Waals surface area contributed by atoms with Crippen LogP contribution in [0.2, 0.25) is 0 Å². The second-order valence-electron chi connectivity index (χ2n) is 9.04. The number of H-pyrrole nitrogens is 1. The minimum Gasteiger partial charge on any atom is -0.345 e. The lowest BCUT2D eigenvalue weighted by atomic mass is 10.0. The molecule has 3 N–H and O–H groups in total. The van der Waals surface area contributed by atoms with Crippen LogP contribution in [-0.4, -0.2) is 26.8 Å². The number of nitrogens with zero attached hydrogens (tertiary/aromatic N) is 2. The van der Waals surface area contributed by atoms with Gasteiger partial charge in [0, 0.05) is 29.3 Å². The number of hydrogen-bond donors (Lipinski definition) is 3. The highest BCUT2D eigenvalue weighted by molar-refractivity contribution is 7.22. The number of anilines is 1. The standard InChI is InChI=1S/C27H22FN5O2S/c1-14(16-3-2-4-19(28)9-16)31-26(35)21-13-30-24-20(21)10-18(12-29-24)17-7-8-22-23(11-17)36-27(32-22)33-25(34)15-5-6-15/h2-4,7-15H,5-6H2,1H3,(H,29,30)(H,31,35)(H,32,33,34)/t14-/m0/s1. The van der Waals surface area contributed by atoms with Crippen molar-refractivity contribution in [1.82, 2.24) is 20.3 Å². The second kappa shape index (κ2) is 8.83. The quantitative estimate of drug-likeness (QED) is 0.274. The summed E-state index contributed by atoms with van der Waals surface area (Å²) >= 11 is 1.44. The minimum absolute atomic E-state index is 0.0360. The first-order chi connectivity index (χ1) is 17.4. The SMILES string of the molecule is C[C@H](NC(=O)c1c[nH]c2ncc(-c3ccc4nc(NC(=O)C5CC5)sc4c3)cc12)c1cccc(F)c1. The summed E-state index contributed by atoms with van der Waals surface area (Å²) in [5, 5.41) is 7.14. The van der Waals surface area contributed by atoms with Crippen LogP contribution in [-0.2, 0) is 4.79 Å². The normalized spacial score (nSPS) is 14.2. The largest absolute Gasteiger partial charge is 0.345 e. The Labute approximate surface area is 209 Å². The number of carbonyl (C=O) groups is 2. The molecule has 9 heteroatoms. The van der Waals surface area contributed by atoms with E-state index in [2.05, 4.69) is 25.6 Å². The van der Waals surface area contributed by atoms with Crippen LogP contribution in [0.3, 0.4) is 0 Å². The molecule has 1 saturated carbocycles. The van der Waals surface area contributed by atoms with Crippen molar-refractivity contribution in [2.24, 2.45) is 5.92 Å². The van der Waals surface area contributed by atoms with Gasteiger partial charge < -0.3 is 15.6 Å². The number of benzene rings is 2. The average molecular weight is 500 g/mol. The Kier molecular flexibility index (Phi) is 5.49. The van der Waals surface area contributed by atoms with Crippen molar-refractivity contribution in [1.29, 1.82) is 0 Å². The summed E-state index contributed by atoms with van der Waals surface area (Å²) in [4.78, 5) is 37.2. The summed E-state index contributed by atoms with van der Waals surface area (Å²) in [5.41, 5.74) is 4.36. The Morgan fingerprint density at radius 3 is 2.81 bits per heavy atom. The molecule has 7 nitrogen and oxygen atoms in total. The van der Waals surface area contributed by atoms with Crippen LogP contribution >= 0.6 is 11.3 Å². The number of rotatable bonds is 6. The number of nitrogens with one attached hydrogen (secondary N) is 3. The van der Waals surface area contributed by atoms with Crippen molar-refractivity contribution in [3.05, 3.63) is 77.9 Å². The van der Waals surface area contributed by atoms with E-state index in [1.165, 1.54) is 23.5 Å². The van der Waals surface area contributed by atoms with E-state index in [1.807, 2.05) is 31.2 Å². The van der Waals surface area contributed by atoms with Crippen molar-refractivity contribution in [3.8, 4) is 11.1 Å². The lowest BCUT2D eigenvalue weighted by molar-refractivity contribution is -0.117. The van der Waals surface area contributed by atoms with Crippen molar-refractivity contribution in [2.75, 3.05) is 5.32 Å². The van der Waals surface area contributed by atoms with Gasteiger partial charge in [-0.1, -0.05) is 29.5 Å². The Hall–Kier alpha value is -4.11. The topological polar surface area (TPSA) is 99.8 Å². The van der Waals surface area contributed by atoms with Crippen LogP contribution in [0, 0.1) is 11.7 Å². The number of thiazole rings is 1. The van der Waals surface area contributed by atoms with Gasteiger partial charge in [-0.3, -0.25) is 9.59 Å². The van der Waals surface area contributed by atoms with Gasteiger partial charge in [0.05, 0.1) is 21.8 Å². The fourth-order valence-corrected chi connectivity index (χ4v) is 5.10. The van der Waals surface area contributed by atoms with Crippen LogP contribution in [0.5, 0.6) is 0 Å². The van der Waals surface area contributed by atoms with E-state index in [0.717, 1.165) is 34.2 Å². The van der Waals surface area contributed by atoms with Crippen LogP contribution in [0.1, 0.15) is 41.7 Å². The maximum absolute atomic E-state index is 13.6. The first-order valence-corrected chi connectivity index (χ1v) is 12.5. The molecule has 3 heterocycles. The molecule has 1 atom stereocenters. The molecule has 36 heavy (non-hydrogen) atoms. The van der Waals surface area contributed by atoms with Gasteiger partial charge in [-0.15, -0.1) is 0 Å². The van der Waals surface area contributed by atoms with Crippen LogP contribution in [0.25, 0.3) is 32.4 Å². The molecule has 0 spiro atoms. The van der Waals surface area contributed by atoms with Crippen molar-refractivity contribution < 1.29 is 14.0 Å². The van der Waals surface area contributed by atoms with Crippen LogP contribution in [0.4, 0.5) is 9.52 Å². The zero-order valence-electron chi connectivity index (χ0n) is 19.3. The molecule has 1 aliphatic carbocycles. The lowest BCUT2D eigenvalue weighted by Gasteiger charge is -2.14. The molecule has 1 aliphatic rings. The number of carbonyl (C=O) groups excluding carboxylic acids is 2. The Bertz CT molecular complexity index is 1640. The molecule has 2 amide bonds. The molecule has 180 valence electrons. The van der Waals surface area contributed by atoms with Gasteiger partial charge in [0.15, 0.2) is 5.13 Å². The highest BCUT2D eigenvalue weighted by atomic mass is 32.1. The van der Waals surface area contributed by atoms with E-state index in [-0.39, 0.29) is 29.6 Å². The second-order valence-corrected chi connectivity index (χ2v) is 10.1. The smallest absolute Gasteiger partial charge is 0.253 e. The molecule has 5 aromatic rings. The summed E-state index contributed by atoms with van der Waals surface area (Å²) in [5.74, 6) is -0.459. The number of halogens is 1. The number of pyridine rings is 1. The average Bonchev–Trinajstić information content (AvgIpc) is 3.52. The number of fused-ring (bicyclic) bond motifs is 2. The first kappa shape index (κ1) is 22.4. The fourth-order valence-electron chi connectivity index (χ4n) is 4.19. The molecule has 0 aliphatic heterocycles. The highest BCUT2D eigenvalue weighted by Crippen LogP contribution is 2.34. The molecule has 0 unspecified atom stereocenters. The summed E-state index contributed by atoms with van der Waals surface area (Å²) < 4.78 is 14.5. The fraction of sp³-hybridized carbons (Fsp3) is 0.185. The van der Waals surface area contributed by atoms with E-state index < -0.39 is 0 Å². The van der Waals surface area contributed by atoms with E-state index in [9.17, 15) is 14.0 Å². The summed E-state index contributed by atoms with van der Waals surface area (Å²) in [7, 11) is 0. The molecule has 0 saturated heterocycles. The van der Waals surface area contributed by atoms with Crippen molar-refractivity contribution >= 4 is 49.5 Å². The van der Waals surface area contributed by atoms with E-state index in [4.69, 9.17) is 0 Å². The molecule has 3 aromatic heterocycles. The summed E-state index contributed by atoms with van der Waals surface area (Å²) in [6, 6.07) is 13.6. The Balaban J connectivity index is 1.27. The van der Waals surface area contributed by atoms with Crippen molar-refractivity contribution in [2.45, 2.75) is 25.8 Å². The summed E-state index contributed by atoms with van der Waals surface area (Å²) in [6.45, 7) is 1.82. The highest BCUT2D eigenvalue weighted by Gasteiger charge is 2.30. The predicted octanol–water partition coefficient (Wildman–Crippen LogP) is 5.82. The first-order valence-electron chi connectivity index (χ1n) is 11.7. The Morgan fingerprint density at radius 1 is 1.14 bits per heavy atom. The third kappa shape index (κ3) is 4.33. The lowest BCUT2D eigenvalue weighted by Crippen LogP contribution is -2.26. The summed E-state index contributed by atoms with van der Waals surface area (Å²) in [6.07, 6.45) is 5.28. The van der Waals surface area contributed by atoms with Crippen molar-refractivity contribution in [3.63, 3.8) is 0 Å². The Morgan fingerprint density at radius 2 is 2.00 bits per heavy atom. The number of aromatic amines is 1. The monoisotopic (exact) mass is 499 g/mol. The van der Waals surface area contributed by atoms with Crippen LogP contribution in [0.15, 0.2) is 60.9 Å². The zero-order valence-corrected chi connectivity index (χ0v) is 20.2. The molecule has 0 bridgehead atoms. The number of hydrogen-bond acceptors (Lipinski definition) is 5. The van der Waals surface area contributed by atoms with Gasteiger partial charge in [0.2, 0.25) is 5.91 Å². The van der Waals surface area contributed by atoms with Gasteiger partial charge in [0.1, 0.15) is 11.5 Å². The maximum Gasteiger partial charge on any atom is 0.253 e. The van der Waals surface area contributed by atoms with Gasteiger partial charge in [-0.25, -0.2) is 14.4 Å². The predicted molar refractivity (Wildman–Crippen MR) is 138 cm³/mol. The van der Waals surface area contributed by atoms with Crippen LogP contribution < -0.4 is 10.6 Å². The maximum atomic E-state index is 13.6. The van der Waals surface area contributed by atoms with Gasteiger partial charge in [-0.2, -0.15) is 0 Å². The molecular formula is C27H22FN5O2S. The van der Waals surface area contributed by atoms with E-state index in [1.54, 1.807) is 24.5 Å². The van der Waals surface area contributed by atoms with E-state index >= 15 is 0 Å². The minimum atomic E-state index is -0.363. The zero-order chi connectivity index (χ0) is 24.8. The molecule has 0 radical (unpaired) electrons. The number of amides is 2. The van der Waals surface area contributed by atoms with Gasteiger partial charge >= 0.3 is 0 Å². The molecule has 1 fully saturated rings.